The fourth-order valence-electron chi connectivity index (χ4n) is 3.06. The molecule has 0 aliphatic carbocycles. The van der Waals surface area contributed by atoms with Gasteiger partial charge < -0.3 is 10.4 Å². The number of carboxylic acid groups (broad SMARTS) is 1. The van der Waals surface area contributed by atoms with Crippen molar-refractivity contribution < 1.29 is 19.5 Å². The van der Waals surface area contributed by atoms with Crippen molar-refractivity contribution >= 4 is 41.0 Å². The van der Waals surface area contributed by atoms with E-state index in [0.717, 1.165) is 4.90 Å². The fourth-order valence-corrected chi connectivity index (χ4v) is 3.61. The lowest BCUT2D eigenvalue weighted by Crippen LogP contribution is -2.47. The van der Waals surface area contributed by atoms with Gasteiger partial charge in [-0.15, -0.1) is 0 Å². The van der Waals surface area contributed by atoms with Crippen molar-refractivity contribution in [2.24, 2.45) is 5.92 Å². The Morgan fingerprint density at radius 2 is 1.81 bits per heavy atom. The highest BCUT2D eigenvalue weighted by Gasteiger charge is 2.29. The number of carbonyl (C=O) groups is 3. The van der Waals surface area contributed by atoms with Crippen molar-refractivity contribution in [3.8, 4) is 17.3 Å². The molecule has 0 aliphatic rings. The van der Waals surface area contributed by atoms with Gasteiger partial charge in [0.05, 0.1) is 16.1 Å². The van der Waals surface area contributed by atoms with Gasteiger partial charge in [-0.05, 0) is 36.1 Å². The van der Waals surface area contributed by atoms with E-state index in [0.29, 0.717) is 16.1 Å². The predicted octanol–water partition coefficient (Wildman–Crippen LogP) is 4.44. The molecule has 7 nitrogen and oxygen atoms in total. The number of halogens is 2. The highest BCUT2D eigenvalue weighted by molar-refractivity contribution is 6.36. The smallest absolute Gasteiger partial charge is 0.336 e. The molecule has 0 spiro atoms. The van der Waals surface area contributed by atoms with Crippen LogP contribution in [-0.4, -0.2) is 40.9 Å². The van der Waals surface area contributed by atoms with Crippen LogP contribution in [0.1, 0.15) is 41.0 Å². The minimum absolute atomic E-state index is 0.0263. The topological polar surface area (TPSA) is 110 Å². The van der Waals surface area contributed by atoms with Gasteiger partial charge in [0.25, 0.3) is 11.8 Å². The van der Waals surface area contributed by atoms with Crippen molar-refractivity contribution in [1.82, 2.24) is 10.2 Å². The van der Waals surface area contributed by atoms with Crippen molar-refractivity contribution in [1.29, 1.82) is 5.26 Å². The number of nitrogens with one attached hydrogen (secondary N) is 1. The van der Waals surface area contributed by atoms with E-state index in [2.05, 4.69) is 5.32 Å². The standard InChI is InChI=1S/C22H21Cl2N3O4/c1-12(2)8-18(21(29)27(3)11-25)26-20(28)19-15(22(30)31)9-13(10-17(19)24)14-6-4-5-7-16(14)23/h4-7,9-10,12,18H,8H2,1-3H3,(H,26,28)(H,30,31)/t18-/m0/s1. The Labute approximate surface area is 190 Å². The third-order valence-corrected chi connectivity index (χ3v) is 5.15. The predicted molar refractivity (Wildman–Crippen MR) is 118 cm³/mol. The third-order valence-electron chi connectivity index (χ3n) is 4.52. The van der Waals surface area contributed by atoms with E-state index in [4.69, 9.17) is 28.5 Å². The fraction of sp³-hybridized carbons (Fsp3) is 0.273. The number of hydrogen-bond acceptors (Lipinski definition) is 4. The Morgan fingerprint density at radius 1 is 1.16 bits per heavy atom. The highest BCUT2D eigenvalue weighted by Crippen LogP contribution is 2.33. The molecular weight excluding hydrogens is 441 g/mol. The van der Waals surface area contributed by atoms with E-state index in [1.54, 1.807) is 30.5 Å². The molecule has 0 fully saturated rings. The van der Waals surface area contributed by atoms with E-state index in [1.165, 1.54) is 19.2 Å². The zero-order chi connectivity index (χ0) is 23.3. The second kappa shape index (κ2) is 10.3. The van der Waals surface area contributed by atoms with Crippen LogP contribution in [-0.2, 0) is 4.79 Å². The monoisotopic (exact) mass is 461 g/mol. The van der Waals surface area contributed by atoms with Gasteiger partial charge in [0.15, 0.2) is 6.19 Å². The molecule has 9 heteroatoms. The molecular formula is C22H21Cl2N3O4. The van der Waals surface area contributed by atoms with Crippen LogP contribution in [0, 0.1) is 17.4 Å². The SMILES string of the molecule is CC(C)C[C@H](NC(=O)c1c(Cl)cc(-c2ccccc2Cl)cc1C(=O)O)C(=O)N(C)C#N. The molecule has 0 aliphatic heterocycles. The normalized spacial score (nSPS) is 11.5. The van der Waals surface area contributed by atoms with E-state index in [-0.39, 0.29) is 28.5 Å². The summed E-state index contributed by atoms with van der Waals surface area (Å²) in [6.45, 7) is 3.71. The Morgan fingerprint density at radius 3 is 2.35 bits per heavy atom. The molecule has 2 N–H and O–H groups in total. The summed E-state index contributed by atoms with van der Waals surface area (Å²) >= 11 is 12.5. The molecule has 0 heterocycles. The first-order chi connectivity index (χ1) is 14.6. The number of hydrogen-bond donors (Lipinski definition) is 2. The molecule has 162 valence electrons. The number of nitriles is 1. The van der Waals surface area contributed by atoms with Gasteiger partial charge in [0.2, 0.25) is 0 Å². The number of rotatable bonds is 7. The van der Waals surface area contributed by atoms with E-state index < -0.39 is 23.8 Å². The largest absolute Gasteiger partial charge is 0.478 e. The molecule has 1 atom stereocenters. The zero-order valence-electron chi connectivity index (χ0n) is 17.1. The Bertz CT molecular complexity index is 1060. The van der Waals surface area contributed by atoms with Gasteiger partial charge in [-0.3, -0.25) is 14.5 Å². The van der Waals surface area contributed by atoms with Crippen LogP contribution >= 0.6 is 23.2 Å². The van der Waals surface area contributed by atoms with E-state index in [1.807, 2.05) is 13.8 Å². The summed E-state index contributed by atoms with van der Waals surface area (Å²) in [6.07, 6.45) is 1.96. The maximum atomic E-state index is 13.0. The molecule has 2 rings (SSSR count). The number of aromatic carboxylic acids is 1. The first-order valence-corrected chi connectivity index (χ1v) is 10.1. The van der Waals surface area contributed by atoms with E-state index >= 15 is 0 Å². The Kier molecular flexibility index (Phi) is 8.03. The lowest BCUT2D eigenvalue weighted by atomic mass is 9.97. The van der Waals surface area contributed by atoms with Crippen LogP contribution in [0.2, 0.25) is 10.0 Å². The van der Waals surface area contributed by atoms with Crippen molar-refractivity contribution in [3.63, 3.8) is 0 Å². The minimum atomic E-state index is -1.36. The molecule has 0 saturated heterocycles. The Balaban J connectivity index is 2.50. The van der Waals surface area contributed by atoms with Crippen LogP contribution in [0.3, 0.4) is 0 Å². The van der Waals surface area contributed by atoms with Crippen molar-refractivity contribution in [2.75, 3.05) is 7.05 Å². The summed E-state index contributed by atoms with van der Waals surface area (Å²) in [6, 6.07) is 8.57. The maximum absolute atomic E-state index is 13.0. The molecule has 0 saturated carbocycles. The zero-order valence-corrected chi connectivity index (χ0v) is 18.7. The molecule has 31 heavy (non-hydrogen) atoms. The number of benzene rings is 2. The molecule has 2 amide bonds. The molecule has 0 bridgehead atoms. The first kappa shape index (κ1) is 24.2. The van der Waals surface area contributed by atoms with Crippen molar-refractivity contribution in [2.45, 2.75) is 26.3 Å². The second-order valence-electron chi connectivity index (χ2n) is 7.32. The molecule has 0 unspecified atom stereocenters. The summed E-state index contributed by atoms with van der Waals surface area (Å²) in [5.41, 5.74) is 0.392. The van der Waals surface area contributed by atoms with Gasteiger partial charge in [-0.1, -0.05) is 55.2 Å². The van der Waals surface area contributed by atoms with Crippen LogP contribution in [0.5, 0.6) is 0 Å². The summed E-state index contributed by atoms with van der Waals surface area (Å²) in [7, 11) is 1.29. The number of carboxylic acids is 1. The first-order valence-electron chi connectivity index (χ1n) is 9.36. The Hall–Kier alpha value is -3.08. The maximum Gasteiger partial charge on any atom is 0.336 e. The third kappa shape index (κ3) is 5.75. The van der Waals surface area contributed by atoms with Crippen LogP contribution < -0.4 is 5.32 Å². The summed E-state index contributed by atoms with van der Waals surface area (Å²) in [5.74, 6) is -2.76. The molecule has 0 aromatic heterocycles. The minimum Gasteiger partial charge on any atom is -0.478 e. The summed E-state index contributed by atoms with van der Waals surface area (Å²) < 4.78 is 0. The van der Waals surface area contributed by atoms with Gasteiger partial charge in [0.1, 0.15) is 6.04 Å². The average molecular weight is 462 g/mol. The highest BCUT2D eigenvalue weighted by atomic mass is 35.5. The average Bonchev–Trinajstić information content (AvgIpc) is 2.71. The van der Waals surface area contributed by atoms with Gasteiger partial charge >= 0.3 is 5.97 Å². The number of amides is 2. The van der Waals surface area contributed by atoms with Gasteiger partial charge in [-0.2, -0.15) is 5.26 Å². The van der Waals surface area contributed by atoms with E-state index in [9.17, 15) is 19.5 Å². The second-order valence-corrected chi connectivity index (χ2v) is 8.13. The quantitative estimate of drug-likeness (QED) is 0.467. The van der Waals surface area contributed by atoms with Gasteiger partial charge in [-0.25, -0.2) is 4.79 Å². The van der Waals surface area contributed by atoms with Crippen molar-refractivity contribution in [3.05, 3.63) is 57.6 Å². The molecule has 2 aromatic rings. The molecule has 2 aromatic carbocycles. The molecule has 0 radical (unpaired) electrons. The van der Waals surface area contributed by atoms with Crippen LogP contribution in [0.4, 0.5) is 0 Å². The lowest BCUT2D eigenvalue weighted by Gasteiger charge is -2.22. The summed E-state index contributed by atoms with van der Waals surface area (Å²) in [4.78, 5) is 38.2. The van der Waals surface area contributed by atoms with Crippen LogP contribution in [0.15, 0.2) is 36.4 Å². The van der Waals surface area contributed by atoms with Gasteiger partial charge in [0, 0.05) is 17.6 Å². The van der Waals surface area contributed by atoms with Crippen LogP contribution in [0.25, 0.3) is 11.1 Å². The number of carbonyl (C=O) groups excluding carboxylic acids is 2. The number of likely N-dealkylation sites (N-methyl/N-ethyl adjacent to an activating group) is 1. The lowest BCUT2D eigenvalue weighted by molar-refractivity contribution is -0.129. The summed E-state index contributed by atoms with van der Waals surface area (Å²) in [5, 5.41) is 21.5. The number of nitrogens with zero attached hydrogens (tertiary/aromatic N) is 2.